The highest BCUT2D eigenvalue weighted by atomic mass is 32.2. The molecule has 0 saturated heterocycles. The summed E-state index contributed by atoms with van der Waals surface area (Å²) in [6.45, 7) is 0.816. The van der Waals surface area contributed by atoms with E-state index in [-0.39, 0.29) is 10.8 Å². The average Bonchev–Trinajstić information content (AvgIpc) is 3.20. The first-order chi connectivity index (χ1) is 13.0. The zero-order valence-corrected chi connectivity index (χ0v) is 16.0. The molecule has 0 spiro atoms. The van der Waals surface area contributed by atoms with Crippen LogP contribution < -0.4 is 5.32 Å². The number of carbonyl (C=O) groups excluding carboxylic acids is 1. The summed E-state index contributed by atoms with van der Waals surface area (Å²) in [6, 6.07) is 13.9. The Labute approximate surface area is 161 Å². The van der Waals surface area contributed by atoms with Crippen LogP contribution in [0, 0.1) is 0 Å². The van der Waals surface area contributed by atoms with Crippen molar-refractivity contribution in [1.82, 2.24) is 9.29 Å². The Morgan fingerprint density at radius 3 is 2.52 bits per heavy atom. The summed E-state index contributed by atoms with van der Waals surface area (Å²) < 4.78 is 27.4. The van der Waals surface area contributed by atoms with Gasteiger partial charge < -0.3 is 0 Å². The normalized spacial score (nSPS) is 14.5. The van der Waals surface area contributed by atoms with E-state index in [0.29, 0.717) is 30.2 Å². The summed E-state index contributed by atoms with van der Waals surface area (Å²) in [7, 11) is -3.61. The summed E-state index contributed by atoms with van der Waals surface area (Å²) in [5.74, 6) is -0.319. The predicted molar refractivity (Wildman–Crippen MR) is 104 cm³/mol. The first-order valence-corrected chi connectivity index (χ1v) is 10.7. The van der Waals surface area contributed by atoms with Crippen LogP contribution in [-0.2, 0) is 23.0 Å². The van der Waals surface area contributed by atoms with Crippen LogP contribution in [0.2, 0.25) is 0 Å². The molecule has 2 aromatic carbocycles. The van der Waals surface area contributed by atoms with Crippen molar-refractivity contribution < 1.29 is 13.2 Å². The minimum Gasteiger partial charge on any atom is -0.298 e. The van der Waals surface area contributed by atoms with Crippen LogP contribution in [0.4, 0.5) is 5.13 Å². The second-order valence-electron chi connectivity index (χ2n) is 6.17. The molecule has 1 aliphatic heterocycles. The van der Waals surface area contributed by atoms with Gasteiger partial charge in [-0.15, -0.1) is 11.3 Å². The minimum absolute atomic E-state index is 0.188. The number of anilines is 1. The fourth-order valence-corrected chi connectivity index (χ4v) is 5.00. The Morgan fingerprint density at radius 1 is 1.07 bits per heavy atom. The lowest BCUT2D eigenvalue weighted by molar-refractivity contribution is 0.102. The monoisotopic (exact) mass is 399 g/mol. The zero-order valence-electron chi connectivity index (χ0n) is 14.3. The summed E-state index contributed by atoms with van der Waals surface area (Å²) in [4.78, 5) is 16.4. The van der Waals surface area contributed by atoms with Gasteiger partial charge in [0, 0.05) is 30.2 Å². The number of hydrogen-bond acceptors (Lipinski definition) is 5. The lowest BCUT2D eigenvalue weighted by Gasteiger charge is -2.28. The molecular formula is C19H17N3O3S2. The molecule has 0 unspecified atom stereocenters. The number of fused-ring (bicyclic) bond motifs is 1. The lowest BCUT2D eigenvalue weighted by atomic mass is 10.0. The number of sulfonamides is 1. The van der Waals surface area contributed by atoms with Gasteiger partial charge >= 0.3 is 0 Å². The molecule has 138 valence electrons. The Bertz CT molecular complexity index is 1060. The molecule has 0 radical (unpaired) electrons. The molecule has 1 N–H and O–H groups in total. The van der Waals surface area contributed by atoms with Crippen molar-refractivity contribution in [3.8, 4) is 0 Å². The maximum Gasteiger partial charge on any atom is 0.257 e. The number of hydrogen-bond donors (Lipinski definition) is 1. The molecule has 1 amide bonds. The summed E-state index contributed by atoms with van der Waals surface area (Å²) >= 11 is 1.32. The van der Waals surface area contributed by atoms with Crippen LogP contribution in [0.25, 0.3) is 0 Å². The molecule has 3 aromatic rings. The van der Waals surface area contributed by atoms with Crippen molar-refractivity contribution in [1.29, 1.82) is 0 Å². The Hall–Kier alpha value is -2.55. The maximum atomic E-state index is 13.0. The fraction of sp³-hybridized carbons (Fsp3) is 0.158. The molecule has 4 rings (SSSR count). The highest BCUT2D eigenvalue weighted by Crippen LogP contribution is 2.25. The predicted octanol–water partition coefficient (Wildman–Crippen LogP) is 3.14. The van der Waals surface area contributed by atoms with Gasteiger partial charge in [-0.25, -0.2) is 13.4 Å². The van der Waals surface area contributed by atoms with Crippen LogP contribution >= 0.6 is 11.3 Å². The van der Waals surface area contributed by atoms with Gasteiger partial charge in [-0.05, 0) is 41.8 Å². The number of benzene rings is 2. The molecule has 1 aliphatic rings. The van der Waals surface area contributed by atoms with Crippen LogP contribution in [0.5, 0.6) is 0 Å². The molecule has 0 bridgehead atoms. The van der Waals surface area contributed by atoms with E-state index in [1.54, 1.807) is 11.6 Å². The third-order valence-electron chi connectivity index (χ3n) is 4.50. The molecule has 8 heteroatoms. The van der Waals surface area contributed by atoms with E-state index >= 15 is 0 Å². The Morgan fingerprint density at radius 2 is 1.81 bits per heavy atom. The molecule has 0 saturated carbocycles. The van der Waals surface area contributed by atoms with E-state index in [9.17, 15) is 13.2 Å². The maximum absolute atomic E-state index is 13.0. The lowest BCUT2D eigenvalue weighted by Crippen LogP contribution is -2.35. The van der Waals surface area contributed by atoms with Gasteiger partial charge in [-0.3, -0.25) is 10.1 Å². The fourth-order valence-electron chi connectivity index (χ4n) is 3.06. The topological polar surface area (TPSA) is 79.4 Å². The number of rotatable bonds is 4. The van der Waals surface area contributed by atoms with Gasteiger partial charge in [0.15, 0.2) is 5.13 Å². The first kappa shape index (κ1) is 17.8. The van der Waals surface area contributed by atoms with E-state index in [1.165, 1.54) is 45.5 Å². The van der Waals surface area contributed by atoms with Crippen LogP contribution in [0.1, 0.15) is 21.5 Å². The van der Waals surface area contributed by atoms with Crippen molar-refractivity contribution in [2.24, 2.45) is 0 Å². The molecule has 0 fully saturated rings. The van der Waals surface area contributed by atoms with Crippen LogP contribution in [0.15, 0.2) is 65.0 Å². The van der Waals surface area contributed by atoms with Crippen molar-refractivity contribution in [3.63, 3.8) is 0 Å². The number of amides is 1. The molecule has 0 aliphatic carbocycles. The third-order valence-corrected chi connectivity index (χ3v) is 7.05. The minimum atomic E-state index is -3.61. The standard InChI is InChI=1S/C19H17N3O3S2/c23-18(21-19-20-10-12-26-19)15-5-7-17(8-6-15)27(24,25)22-11-9-14-3-1-2-4-16(14)13-22/h1-8,10,12H,9,11,13H2,(H,20,21,23). The highest BCUT2D eigenvalue weighted by Gasteiger charge is 2.28. The molecule has 27 heavy (non-hydrogen) atoms. The quantitative estimate of drug-likeness (QED) is 0.731. The van der Waals surface area contributed by atoms with Gasteiger partial charge in [0.1, 0.15) is 0 Å². The number of nitrogens with one attached hydrogen (secondary N) is 1. The van der Waals surface area contributed by atoms with Crippen LogP contribution in [0.3, 0.4) is 0 Å². The highest BCUT2D eigenvalue weighted by molar-refractivity contribution is 7.89. The second-order valence-corrected chi connectivity index (χ2v) is 9.01. The van der Waals surface area contributed by atoms with E-state index in [0.717, 1.165) is 5.56 Å². The molecule has 6 nitrogen and oxygen atoms in total. The third kappa shape index (κ3) is 3.64. The van der Waals surface area contributed by atoms with Gasteiger partial charge in [0.25, 0.3) is 5.91 Å². The van der Waals surface area contributed by atoms with Crippen molar-refractivity contribution in [2.45, 2.75) is 17.9 Å². The molecular weight excluding hydrogens is 382 g/mol. The van der Waals surface area contributed by atoms with Crippen molar-refractivity contribution in [3.05, 3.63) is 76.8 Å². The zero-order chi connectivity index (χ0) is 18.9. The van der Waals surface area contributed by atoms with Gasteiger partial charge in [-0.2, -0.15) is 4.31 Å². The van der Waals surface area contributed by atoms with Crippen molar-refractivity contribution in [2.75, 3.05) is 11.9 Å². The van der Waals surface area contributed by atoms with Crippen molar-refractivity contribution >= 4 is 32.4 Å². The van der Waals surface area contributed by atoms with E-state index < -0.39 is 10.0 Å². The smallest absolute Gasteiger partial charge is 0.257 e. The first-order valence-electron chi connectivity index (χ1n) is 8.42. The number of aromatic nitrogens is 1. The molecule has 2 heterocycles. The van der Waals surface area contributed by atoms with E-state index in [1.807, 2.05) is 24.3 Å². The van der Waals surface area contributed by atoms with Gasteiger partial charge in [0.05, 0.1) is 4.90 Å². The van der Waals surface area contributed by atoms with E-state index in [2.05, 4.69) is 10.3 Å². The SMILES string of the molecule is O=C(Nc1nccs1)c1ccc(S(=O)(=O)N2CCc3ccccc3C2)cc1. The molecule has 0 atom stereocenters. The number of nitrogens with zero attached hydrogens (tertiary/aromatic N) is 2. The Balaban J connectivity index is 1.52. The average molecular weight is 399 g/mol. The van der Waals surface area contributed by atoms with Crippen LogP contribution in [-0.4, -0.2) is 30.2 Å². The summed E-state index contributed by atoms with van der Waals surface area (Å²) in [5, 5.41) is 4.95. The Kier molecular flexibility index (Phi) is 4.77. The summed E-state index contributed by atoms with van der Waals surface area (Å²) in [6.07, 6.45) is 2.30. The van der Waals surface area contributed by atoms with E-state index in [4.69, 9.17) is 0 Å². The number of carbonyl (C=O) groups is 1. The second kappa shape index (κ2) is 7.22. The summed E-state index contributed by atoms with van der Waals surface area (Å²) in [5.41, 5.74) is 2.61. The van der Waals surface area contributed by atoms with Gasteiger partial charge in [0.2, 0.25) is 10.0 Å². The molecule has 1 aromatic heterocycles. The number of thiazole rings is 1. The van der Waals surface area contributed by atoms with Gasteiger partial charge in [-0.1, -0.05) is 24.3 Å². The largest absolute Gasteiger partial charge is 0.298 e.